The number of benzene rings is 1. The number of aromatic amines is 1. The summed E-state index contributed by atoms with van der Waals surface area (Å²) >= 11 is 1.52. The van der Waals surface area contributed by atoms with E-state index in [9.17, 15) is 4.79 Å². The first-order valence-corrected chi connectivity index (χ1v) is 9.07. The minimum absolute atomic E-state index is 0.161. The summed E-state index contributed by atoms with van der Waals surface area (Å²) in [5.74, 6) is 0. The van der Waals surface area contributed by atoms with Crippen LogP contribution in [0, 0.1) is 13.8 Å². The van der Waals surface area contributed by atoms with E-state index in [0.29, 0.717) is 5.56 Å². The molecule has 124 valence electrons. The fourth-order valence-corrected chi connectivity index (χ4v) is 3.83. The van der Waals surface area contributed by atoms with E-state index in [4.69, 9.17) is 4.98 Å². The predicted octanol–water partition coefficient (Wildman–Crippen LogP) is 4.30. The minimum atomic E-state index is -0.161. The van der Waals surface area contributed by atoms with Crippen LogP contribution in [0.5, 0.6) is 0 Å². The van der Waals surface area contributed by atoms with Crippen molar-refractivity contribution in [2.24, 2.45) is 0 Å². The maximum Gasteiger partial charge on any atom is 0.274 e. The summed E-state index contributed by atoms with van der Waals surface area (Å²) in [6.45, 7) is 8.26. The average molecular weight is 339 g/mol. The molecular formula is C19H21N3OS. The molecule has 0 atom stereocenters. The van der Waals surface area contributed by atoms with Crippen LogP contribution >= 0.6 is 11.3 Å². The van der Waals surface area contributed by atoms with Gasteiger partial charge in [0.1, 0.15) is 5.01 Å². The highest BCUT2D eigenvalue weighted by Gasteiger charge is 2.17. The van der Waals surface area contributed by atoms with Crippen LogP contribution in [0.3, 0.4) is 0 Å². The van der Waals surface area contributed by atoms with Gasteiger partial charge in [-0.3, -0.25) is 4.79 Å². The number of nitrogens with one attached hydrogen (secondary N) is 1. The zero-order valence-electron chi connectivity index (χ0n) is 14.4. The lowest BCUT2D eigenvalue weighted by Gasteiger charge is -2.08. The molecule has 3 aromatic rings. The molecule has 0 radical (unpaired) electrons. The number of aromatic nitrogens is 3. The van der Waals surface area contributed by atoms with E-state index in [0.717, 1.165) is 40.4 Å². The molecule has 2 aromatic heterocycles. The summed E-state index contributed by atoms with van der Waals surface area (Å²) in [6.07, 6.45) is 1.57. The molecule has 1 aromatic carbocycles. The van der Waals surface area contributed by atoms with Gasteiger partial charge in [0.25, 0.3) is 5.56 Å². The molecule has 2 heterocycles. The molecule has 5 heteroatoms. The number of H-pyrrole nitrogens is 1. The Labute approximate surface area is 145 Å². The minimum Gasteiger partial charge on any atom is -0.267 e. The Bertz CT molecular complexity index is 940. The zero-order valence-corrected chi connectivity index (χ0v) is 15.3. The molecule has 0 amide bonds. The van der Waals surface area contributed by atoms with Crippen LogP contribution in [0.15, 0.2) is 28.4 Å². The van der Waals surface area contributed by atoms with Gasteiger partial charge < -0.3 is 0 Å². The Morgan fingerprint density at radius 3 is 2.67 bits per heavy atom. The number of nitrogens with zero attached hydrogens (tertiary/aromatic N) is 2. The number of hydrogen-bond acceptors (Lipinski definition) is 4. The molecule has 0 aliphatic heterocycles. The molecule has 0 saturated heterocycles. The van der Waals surface area contributed by atoms with E-state index in [-0.39, 0.29) is 5.56 Å². The van der Waals surface area contributed by atoms with Crippen molar-refractivity contribution in [2.75, 3.05) is 0 Å². The molecular weight excluding hydrogens is 318 g/mol. The third-order valence-corrected chi connectivity index (χ3v) is 5.10. The quantitative estimate of drug-likeness (QED) is 0.771. The average Bonchev–Trinajstić information content (AvgIpc) is 3.05. The molecule has 1 N–H and O–H groups in total. The van der Waals surface area contributed by atoms with Gasteiger partial charge >= 0.3 is 0 Å². The van der Waals surface area contributed by atoms with Gasteiger partial charge in [0.05, 0.1) is 17.0 Å². The Morgan fingerprint density at radius 2 is 1.96 bits per heavy atom. The van der Waals surface area contributed by atoms with Crippen molar-refractivity contribution >= 4 is 11.3 Å². The number of aryl methyl sites for hydroxylation is 3. The van der Waals surface area contributed by atoms with Gasteiger partial charge in [-0.15, -0.1) is 11.3 Å². The van der Waals surface area contributed by atoms with Crippen LogP contribution in [-0.4, -0.2) is 15.2 Å². The Balaban J connectivity index is 2.15. The van der Waals surface area contributed by atoms with Crippen molar-refractivity contribution in [1.82, 2.24) is 15.2 Å². The normalized spacial score (nSPS) is 11.0. The maximum absolute atomic E-state index is 12.4. The maximum atomic E-state index is 12.4. The van der Waals surface area contributed by atoms with Crippen LogP contribution in [0.2, 0.25) is 0 Å². The summed E-state index contributed by atoms with van der Waals surface area (Å²) in [5.41, 5.74) is 6.89. The summed E-state index contributed by atoms with van der Waals surface area (Å²) in [4.78, 5) is 17.2. The standard InChI is InChI=1S/C19H21N3OS/c1-5-13-15(6-2)21-22-18(23)17(13)19-20-16(10-24-19)14-9-11(3)7-8-12(14)4/h7-10H,5-6H2,1-4H3,(H,22,23). The lowest BCUT2D eigenvalue weighted by atomic mass is 10.0. The van der Waals surface area contributed by atoms with Gasteiger partial charge in [-0.05, 0) is 43.9 Å². The van der Waals surface area contributed by atoms with Gasteiger partial charge in [-0.25, -0.2) is 10.1 Å². The Morgan fingerprint density at radius 1 is 1.17 bits per heavy atom. The van der Waals surface area contributed by atoms with E-state index in [1.165, 1.54) is 22.5 Å². The third kappa shape index (κ3) is 2.91. The van der Waals surface area contributed by atoms with Crippen molar-refractivity contribution in [3.63, 3.8) is 0 Å². The first kappa shape index (κ1) is 16.6. The highest BCUT2D eigenvalue weighted by atomic mass is 32.1. The second-order valence-corrected chi connectivity index (χ2v) is 6.77. The SMILES string of the molecule is CCc1n[nH]c(=O)c(-c2nc(-c3cc(C)ccc3C)cs2)c1CC. The van der Waals surface area contributed by atoms with E-state index < -0.39 is 0 Å². The van der Waals surface area contributed by atoms with Crippen molar-refractivity contribution < 1.29 is 0 Å². The van der Waals surface area contributed by atoms with Crippen LogP contribution < -0.4 is 5.56 Å². The van der Waals surface area contributed by atoms with Gasteiger partial charge in [-0.2, -0.15) is 5.10 Å². The molecule has 0 aliphatic carbocycles. The van der Waals surface area contributed by atoms with Crippen molar-refractivity contribution in [3.8, 4) is 21.8 Å². The lowest BCUT2D eigenvalue weighted by molar-refractivity contribution is 0.861. The third-order valence-electron chi connectivity index (χ3n) is 4.25. The van der Waals surface area contributed by atoms with E-state index >= 15 is 0 Å². The smallest absolute Gasteiger partial charge is 0.267 e. The molecule has 0 unspecified atom stereocenters. The van der Waals surface area contributed by atoms with Gasteiger partial charge in [0.15, 0.2) is 0 Å². The summed E-state index contributed by atoms with van der Waals surface area (Å²) in [7, 11) is 0. The topological polar surface area (TPSA) is 58.6 Å². The van der Waals surface area contributed by atoms with E-state index in [1.54, 1.807) is 0 Å². The van der Waals surface area contributed by atoms with Gasteiger partial charge in [-0.1, -0.05) is 31.5 Å². The summed E-state index contributed by atoms with van der Waals surface area (Å²) < 4.78 is 0. The van der Waals surface area contributed by atoms with Crippen LogP contribution in [0.4, 0.5) is 0 Å². The highest BCUT2D eigenvalue weighted by molar-refractivity contribution is 7.13. The fourth-order valence-electron chi connectivity index (χ4n) is 2.95. The van der Waals surface area contributed by atoms with E-state index in [1.807, 2.05) is 12.3 Å². The number of thiazole rings is 1. The largest absolute Gasteiger partial charge is 0.274 e. The summed E-state index contributed by atoms with van der Waals surface area (Å²) in [6, 6.07) is 6.35. The highest BCUT2D eigenvalue weighted by Crippen LogP contribution is 2.31. The fraction of sp³-hybridized carbons (Fsp3) is 0.316. The Kier molecular flexibility index (Phi) is 4.62. The van der Waals surface area contributed by atoms with Gasteiger partial charge in [0.2, 0.25) is 0 Å². The first-order chi connectivity index (χ1) is 11.5. The predicted molar refractivity (Wildman–Crippen MR) is 99.6 cm³/mol. The van der Waals surface area contributed by atoms with Crippen molar-refractivity contribution in [1.29, 1.82) is 0 Å². The van der Waals surface area contributed by atoms with Crippen LogP contribution in [-0.2, 0) is 12.8 Å². The number of hydrogen-bond donors (Lipinski definition) is 1. The van der Waals surface area contributed by atoms with E-state index in [2.05, 4.69) is 49.2 Å². The molecule has 4 nitrogen and oxygen atoms in total. The molecule has 0 fully saturated rings. The van der Waals surface area contributed by atoms with Gasteiger partial charge in [0, 0.05) is 10.9 Å². The van der Waals surface area contributed by atoms with Crippen LogP contribution in [0.25, 0.3) is 21.8 Å². The second-order valence-electron chi connectivity index (χ2n) is 5.92. The summed E-state index contributed by atoms with van der Waals surface area (Å²) in [5, 5.41) is 9.60. The number of rotatable bonds is 4. The molecule has 0 spiro atoms. The monoisotopic (exact) mass is 339 g/mol. The molecule has 0 bridgehead atoms. The van der Waals surface area contributed by atoms with Crippen molar-refractivity contribution in [3.05, 3.63) is 56.3 Å². The zero-order chi connectivity index (χ0) is 17.3. The van der Waals surface area contributed by atoms with Crippen LogP contribution in [0.1, 0.15) is 36.2 Å². The van der Waals surface area contributed by atoms with Crippen molar-refractivity contribution in [2.45, 2.75) is 40.5 Å². The molecule has 0 saturated carbocycles. The Hall–Kier alpha value is -2.27. The first-order valence-electron chi connectivity index (χ1n) is 8.19. The molecule has 0 aliphatic rings. The molecule has 3 rings (SSSR count). The lowest BCUT2D eigenvalue weighted by Crippen LogP contribution is -2.16. The second kappa shape index (κ2) is 6.69. The molecule has 24 heavy (non-hydrogen) atoms.